The Labute approximate surface area is 224 Å². The average Bonchev–Trinajstić information content (AvgIpc) is 2.84. The largest absolute Gasteiger partial charge is 0.430 e. The molecule has 0 aromatic heterocycles. The van der Waals surface area contributed by atoms with Crippen molar-refractivity contribution in [1.82, 2.24) is 10.2 Å². The fraction of sp³-hybridized carbons (Fsp3) is 0.500. The lowest BCUT2D eigenvalue weighted by Gasteiger charge is -2.33. The van der Waals surface area contributed by atoms with Crippen LogP contribution in [0, 0.1) is 17.6 Å². The predicted molar refractivity (Wildman–Crippen MR) is 127 cm³/mol. The lowest BCUT2D eigenvalue weighted by molar-refractivity contribution is -0.376. The van der Waals surface area contributed by atoms with Gasteiger partial charge >= 0.3 is 18.4 Å². The molecule has 0 spiro atoms. The lowest BCUT2D eigenvalue weighted by atomic mass is 9.89. The Morgan fingerprint density at radius 2 is 1.55 bits per heavy atom. The minimum Gasteiger partial charge on any atom is -0.377 e. The fourth-order valence-electron chi connectivity index (χ4n) is 4.76. The number of ether oxygens (including phenoxy) is 1. The van der Waals surface area contributed by atoms with E-state index in [1.807, 2.05) is 4.90 Å². The Kier molecular flexibility index (Phi) is 8.62. The zero-order valence-corrected chi connectivity index (χ0v) is 21.0. The number of hydrogen-bond acceptors (Lipinski definition) is 4. The van der Waals surface area contributed by atoms with Gasteiger partial charge in [0.1, 0.15) is 11.6 Å². The molecule has 2 aromatic carbocycles. The van der Waals surface area contributed by atoms with E-state index in [-0.39, 0.29) is 36.2 Å². The first kappa shape index (κ1) is 30.0. The molecule has 2 saturated heterocycles. The minimum atomic E-state index is -5.95. The number of nitrogens with one attached hydrogen (secondary N) is 2. The van der Waals surface area contributed by atoms with E-state index < -0.39 is 41.2 Å². The van der Waals surface area contributed by atoms with E-state index in [4.69, 9.17) is 4.74 Å². The van der Waals surface area contributed by atoms with Crippen LogP contribution in [0.1, 0.15) is 29.5 Å². The minimum absolute atomic E-state index is 0.0156. The van der Waals surface area contributed by atoms with Gasteiger partial charge in [0, 0.05) is 18.2 Å². The molecule has 40 heavy (non-hydrogen) atoms. The SMILES string of the molecule is O=C(Nc1cc(F)c(CC2CCN(Cc3ccc(C(O)(C(F)(F)F)C(F)(F)F)cc3)CC2)cc1F)NC1COC1. The summed E-state index contributed by atoms with van der Waals surface area (Å²) in [7, 11) is 0. The van der Waals surface area contributed by atoms with Crippen LogP contribution < -0.4 is 10.6 Å². The number of alkyl halides is 6. The third-order valence-corrected chi connectivity index (χ3v) is 7.17. The van der Waals surface area contributed by atoms with Gasteiger partial charge < -0.3 is 20.5 Å². The zero-order chi connectivity index (χ0) is 29.3. The molecule has 2 heterocycles. The normalized spacial score (nSPS) is 17.9. The van der Waals surface area contributed by atoms with Crippen LogP contribution in [-0.4, -0.2) is 60.7 Å². The van der Waals surface area contributed by atoms with Gasteiger partial charge in [-0.2, -0.15) is 26.3 Å². The van der Waals surface area contributed by atoms with Crippen LogP contribution in [-0.2, 0) is 23.3 Å². The molecule has 0 atom stereocenters. The monoisotopic (exact) mass is 581 g/mol. The maximum Gasteiger partial charge on any atom is 0.430 e. The highest BCUT2D eigenvalue weighted by molar-refractivity contribution is 5.89. The molecule has 2 fully saturated rings. The van der Waals surface area contributed by atoms with E-state index in [0.29, 0.717) is 56.8 Å². The van der Waals surface area contributed by atoms with Gasteiger partial charge in [-0.1, -0.05) is 24.3 Å². The molecule has 2 amide bonds. The van der Waals surface area contributed by atoms with Crippen molar-refractivity contribution >= 4 is 11.7 Å². The molecule has 14 heteroatoms. The second kappa shape index (κ2) is 11.5. The maximum atomic E-state index is 14.7. The van der Waals surface area contributed by atoms with Gasteiger partial charge in [-0.05, 0) is 55.5 Å². The zero-order valence-electron chi connectivity index (χ0n) is 21.0. The third-order valence-electron chi connectivity index (χ3n) is 7.17. The summed E-state index contributed by atoms with van der Waals surface area (Å²) in [6.07, 6.45) is -10.4. The molecule has 4 rings (SSSR count). The highest BCUT2D eigenvalue weighted by Crippen LogP contribution is 2.50. The Bertz CT molecular complexity index is 1180. The second-order valence-corrected chi connectivity index (χ2v) is 10.1. The smallest absolute Gasteiger partial charge is 0.377 e. The van der Waals surface area contributed by atoms with Crippen molar-refractivity contribution in [3.8, 4) is 0 Å². The topological polar surface area (TPSA) is 73.8 Å². The highest BCUT2D eigenvalue weighted by Gasteiger charge is 2.71. The van der Waals surface area contributed by atoms with Gasteiger partial charge in [0.15, 0.2) is 0 Å². The number of urea groups is 1. The first-order valence-electron chi connectivity index (χ1n) is 12.5. The number of rotatable bonds is 7. The second-order valence-electron chi connectivity index (χ2n) is 10.1. The quantitative estimate of drug-likeness (QED) is 0.391. The number of carbonyl (C=O) groups excluding carboxylic acids is 1. The van der Waals surface area contributed by atoms with Gasteiger partial charge in [-0.15, -0.1) is 0 Å². The van der Waals surface area contributed by atoms with Gasteiger partial charge in [-0.3, -0.25) is 4.90 Å². The van der Waals surface area contributed by atoms with Gasteiger partial charge in [-0.25, -0.2) is 13.6 Å². The summed E-state index contributed by atoms with van der Waals surface area (Å²) >= 11 is 0. The van der Waals surface area contributed by atoms with Crippen LogP contribution in [0.3, 0.4) is 0 Å². The molecular formula is C26H27F8N3O3. The van der Waals surface area contributed by atoms with E-state index in [1.165, 1.54) is 0 Å². The van der Waals surface area contributed by atoms with Crippen molar-refractivity contribution in [2.45, 2.75) is 49.8 Å². The molecule has 0 radical (unpaired) electrons. The highest BCUT2D eigenvalue weighted by atomic mass is 19.4. The van der Waals surface area contributed by atoms with Crippen molar-refractivity contribution in [2.75, 3.05) is 31.6 Å². The van der Waals surface area contributed by atoms with E-state index in [0.717, 1.165) is 24.3 Å². The summed E-state index contributed by atoms with van der Waals surface area (Å²) in [5.74, 6) is -1.43. The number of carbonyl (C=O) groups is 1. The standard InChI is InChI=1S/C26H27F8N3O3/c27-20-11-22(36-23(38)35-19-13-40-14-19)21(28)10-17(20)9-15-5-7-37(8-6-15)12-16-1-3-18(4-2-16)24(39,25(29,30)31)26(32,33)34/h1-4,10-11,15,19,39H,5-9,12-14H2,(H2,35,36,38). The first-order valence-corrected chi connectivity index (χ1v) is 12.5. The average molecular weight is 582 g/mol. The number of amides is 2. The van der Waals surface area contributed by atoms with Crippen LogP contribution in [0.2, 0.25) is 0 Å². The molecule has 2 aliphatic rings. The van der Waals surface area contributed by atoms with E-state index in [2.05, 4.69) is 10.6 Å². The summed E-state index contributed by atoms with van der Waals surface area (Å²) in [4.78, 5) is 13.9. The van der Waals surface area contributed by atoms with Crippen LogP contribution in [0.5, 0.6) is 0 Å². The van der Waals surface area contributed by atoms with Gasteiger partial charge in [0.25, 0.3) is 5.60 Å². The molecule has 220 valence electrons. The summed E-state index contributed by atoms with van der Waals surface area (Å²) < 4.78 is 113. The number of piperidine rings is 1. The Morgan fingerprint density at radius 1 is 0.950 bits per heavy atom. The van der Waals surface area contributed by atoms with Crippen LogP contribution in [0.25, 0.3) is 0 Å². The molecule has 0 bridgehead atoms. The van der Waals surface area contributed by atoms with Crippen LogP contribution >= 0.6 is 0 Å². The summed E-state index contributed by atoms with van der Waals surface area (Å²) in [6, 6.07) is 4.58. The first-order chi connectivity index (χ1) is 18.7. The number of hydrogen-bond donors (Lipinski definition) is 3. The Hall–Kier alpha value is -2.97. The fourth-order valence-corrected chi connectivity index (χ4v) is 4.76. The maximum absolute atomic E-state index is 14.7. The van der Waals surface area contributed by atoms with Crippen molar-refractivity contribution in [1.29, 1.82) is 0 Å². The predicted octanol–water partition coefficient (Wildman–Crippen LogP) is 5.25. The Morgan fingerprint density at radius 3 is 2.08 bits per heavy atom. The molecule has 0 aliphatic carbocycles. The number of likely N-dealkylation sites (tertiary alicyclic amines) is 1. The number of benzene rings is 2. The molecule has 2 aliphatic heterocycles. The molecule has 3 N–H and O–H groups in total. The van der Waals surface area contributed by atoms with Crippen LogP contribution in [0.4, 0.5) is 45.6 Å². The summed E-state index contributed by atoms with van der Waals surface area (Å²) in [6.45, 7) is 2.00. The summed E-state index contributed by atoms with van der Waals surface area (Å²) in [5.41, 5.74) is -5.97. The van der Waals surface area contributed by atoms with Crippen molar-refractivity contribution in [3.63, 3.8) is 0 Å². The number of halogens is 8. The molecule has 0 saturated carbocycles. The molecule has 2 aromatic rings. The van der Waals surface area contributed by atoms with Crippen molar-refractivity contribution < 1.29 is 49.8 Å². The summed E-state index contributed by atoms with van der Waals surface area (Å²) in [5, 5.41) is 14.4. The lowest BCUT2D eigenvalue weighted by Crippen LogP contribution is -2.53. The number of anilines is 1. The molecule has 0 unspecified atom stereocenters. The van der Waals surface area contributed by atoms with Crippen molar-refractivity contribution in [3.05, 3.63) is 64.7 Å². The Balaban J connectivity index is 1.30. The van der Waals surface area contributed by atoms with Gasteiger partial charge in [0.05, 0.1) is 24.9 Å². The number of aliphatic hydroxyl groups is 1. The molecular weight excluding hydrogens is 554 g/mol. The van der Waals surface area contributed by atoms with E-state index in [9.17, 15) is 45.0 Å². The van der Waals surface area contributed by atoms with Crippen molar-refractivity contribution in [2.24, 2.45) is 5.92 Å². The van der Waals surface area contributed by atoms with Crippen LogP contribution in [0.15, 0.2) is 36.4 Å². The van der Waals surface area contributed by atoms with E-state index >= 15 is 0 Å². The van der Waals surface area contributed by atoms with Gasteiger partial charge in [0.2, 0.25) is 0 Å². The number of nitrogens with zero attached hydrogens (tertiary/aromatic N) is 1. The van der Waals surface area contributed by atoms with E-state index in [1.54, 1.807) is 0 Å². The third kappa shape index (κ3) is 6.50. The molecule has 6 nitrogen and oxygen atoms in total.